The highest BCUT2D eigenvalue weighted by molar-refractivity contribution is 7.80. The van der Waals surface area contributed by atoms with E-state index < -0.39 is 0 Å². The molecular formula is C17H29NO3S. The van der Waals surface area contributed by atoms with E-state index in [4.69, 9.17) is 4.84 Å². The molecule has 1 aliphatic rings. The van der Waals surface area contributed by atoms with Crippen LogP contribution in [-0.4, -0.2) is 23.9 Å². The number of hydrogen-bond donors (Lipinski definition) is 2. The van der Waals surface area contributed by atoms with Crippen LogP contribution in [0.4, 0.5) is 0 Å². The van der Waals surface area contributed by atoms with E-state index >= 15 is 0 Å². The van der Waals surface area contributed by atoms with Gasteiger partial charge < -0.3 is 0 Å². The number of Topliss-reactive ketones (excluding diaryl/α,β-unsaturated/α-hetero) is 2. The standard InChI is InChI=1S/C17H29NO3S/c1-4-7-14(18-21-6-3)17-15(19)9-13(10-16(17)20)8-12(5-2)11-22/h12-13,18,22H,4-11H2,1-3H3. The first-order chi connectivity index (χ1) is 10.6. The average Bonchev–Trinajstić information content (AvgIpc) is 2.49. The molecule has 1 atom stereocenters. The lowest BCUT2D eigenvalue weighted by atomic mass is 9.78. The van der Waals surface area contributed by atoms with Gasteiger partial charge in [0.15, 0.2) is 11.6 Å². The normalized spacial score (nSPS) is 20.2. The lowest BCUT2D eigenvalue weighted by Gasteiger charge is -2.26. The Bertz CT molecular complexity index is 396. The Morgan fingerprint density at radius 1 is 1.27 bits per heavy atom. The number of ketones is 2. The zero-order valence-corrected chi connectivity index (χ0v) is 14.9. The Morgan fingerprint density at radius 2 is 1.91 bits per heavy atom. The van der Waals surface area contributed by atoms with Crippen LogP contribution in [0.25, 0.3) is 0 Å². The molecule has 5 heteroatoms. The predicted octanol–water partition coefficient (Wildman–Crippen LogP) is 3.48. The molecule has 1 N–H and O–H groups in total. The molecule has 0 radical (unpaired) electrons. The van der Waals surface area contributed by atoms with Gasteiger partial charge >= 0.3 is 0 Å². The summed E-state index contributed by atoms with van der Waals surface area (Å²) in [6, 6.07) is 0. The van der Waals surface area contributed by atoms with Gasteiger partial charge in [0.1, 0.15) is 0 Å². The summed E-state index contributed by atoms with van der Waals surface area (Å²) in [6.07, 6.45) is 4.40. The van der Waals surface area contributed by atoms with Crippen LogP contribution in [-0.2, 0) is 14.4 Å². The van der Waals surface area contributed by atoms with Gasteiger partial charge in [-0.15, -0.1) is 0 Å². The number of hydrogen-bond acceptors (Lipinski definition) is 5. The van der Waals surface area contributed by atoms with Crippen molar-refractivity contribution in [2.45, 2.75) is 59.3 Å². The molecule has 0 bridgehead atoms. The molecular weight excluding hydrogens is 298 g/mol. The second-order valence-corrected chi connectivity index (χ2v) is 6.32. The fourth-order valence-electron chi connectivity index (χ4n) is 2.94. The zero-order valence-electron chi connectivity index (χ0n) is 14.0. The molecule has 1 unspecified atom stereocenters. The summed E-state index contributed by atoms with van der Waals surface area (Å²) in [7, 11) is 0. The number of rotatable bonds is 9. The van der Waals surface area contributed by atoms with Gasteiger partial charge in [-0.2, -0.15) is 12.6 Å². The first kappa shape index (κ1) is 19.2. The van der Waals surface area contributed by atoms with Crippen molar-refractivity contribution in [2.24, 2.45) is 11.8 Å². The van der Waals surface area contributed by atoms with Crippen molar-refractivity contribution in [1.82, 2.24) is 5.48 Å². The van der Waals surface area contributed by atoms with Crippen LogP contribution >= 0.6 is 12.6 Å². The minimum Gasteiger partial charge on any atom is -0.294 e. The van der Waals surface area contributed by atoms with E-state index in [0.717, 1.165) is 25.0 Å². The van der Waals surface area contributed by atoms with Crippen molar-refractivity contribution in [1.29, 1.82) is 0 Å². The van der Waals surface area contributed by atoms with E-state index in [1.807, 2.05) is 13.8 Å². The molecule has 0 aliphatic heterocycles. The molecule has 126 valence electrons. The molecule has 4 nitrogen and oxygen atoms in total. The van der Waals surface area contributed by atoms with Gasteiger partial charge in [0.05, 0.1) is 17.9 Å². The molecule has 0 spiro atoms. The third-order valence-corrected chi connectivity index (χ3v) is 4.67. The van der Waals surface area contributed by atoms with Crippen LogP contribution in [0.1, 0.15) is 59.3 Å². The number of hydroxylamine groups is 1. The summed E-state index contributed by atoms with van der Waals surface area (Å²) in [5.41, 5.74) is 3.79. The number of carbonyl (C=O) groups is 2. The molecule has 0 aromatic heterocycles. The van der Waals surface area contributed by atoms with Crippen molar-refractivity contribution < 1.29 is 14.4 Å². The molecule has 0 aromatic carbocycles. The minimum atomic E-state index is -0.0362. The lowest BCUT2D eigenvalue weighted by Crippen LogP contribution is -2.31. The Hall–Kier alpha value is -0.810. The van der Waals surface area contributed by atoms with Crippen molar-refractivity contribution >= 4 is 24.2 Å². The highest BCUT2D eigenvalue weighted by Gasteiger charge is 2.33. The fraction of sp³-hybridized carbons (Fsp3) is 0.765. The Kier molecular flexibility index (Phi) is 8.79. The Labute approximate surface area is 139 Å². The number of nitrogens with one attached hydrogen (secondary N) is 1. The summed E-state index contributed by atoms with van der Waals surface area (Å²) in [6.45, 7) is 6.51. The molecule has 1 fully saturated rings. The fourth-order valence-corrected chi connectivity index (χ4v) is 3.34. The predicted molar refractivity (Wildman–Crippen MR) is 91.7 cm³/mol. The smallest absolute Gasteiger partial charge is 0.168 e. The largest absolute Gasteiger partial charge is 0.294 e. The van der Waals surface area contributed by atoms with Crippen LogP contribution in [0.15, 0.2) is 11.3 Å². The first-order valence-electron chi connectivity index (χ1n) is 8.35. The van der Waals surface area contributed by atoms with E-state index in [0.29, 0.717) is 43.1 Å². The van der Waals surface area contributed by atoms with Crippen LogP contribution < -0.4 is 5.48 Å². The molecule has 22 heavy (non-hydrogen) atoms. The Balaban J connectivity index is 2.84. The van der Waals surface area contributed by atoms with E-state index in [2.05, 4.69) is 25.0 Å². The van der Waals surface area contributed by atoms with Gasteiger partial charge in [-0.1, -0.05) is 26.7 Å². The van der Waals surface area contributed by atoms with Gasteiger partial charge in [-0.05, 0) is 37.4 Å². The maximum Gasteiger partial charge on any atom is 0.168 e. The van der Waals surface area contributed by atoms with Crippen molar-refractivity contribution in [3.63, 3.8) is 0 Å². The molecule has 1 saturated carbocycles. The maximum atomic E-state index is 12.5. The molecule has 1 rings (SSSR count). The Morgan fingerprint density at radius 3 is 2.36 bits per heavy atom. The third kappa shape index (κ3) is 5.43. The SMILES string of the molecule is CCCC(NOCC)=C1C(=O)CC(CC(CC)CS)CC1=O. The number of thiol groups is 1. The van der Waals surface area contributed by atoms with Gasteiger partial charge in [-0.3, -0.25) is 19.9 Å². The molecule has 0 saturated heterocycles. The monoisotopic (exact) mass is 327 g/mol. The maximum absolute atomic E-state index is 12.5. The van der Waals surface area contributed by atoms with Crippen LogP contribution in [0.2, 0.25) is 0 Å². The van der Waals surface area contributed by atoms with E-state index in [1.165, 1.54) is 0 Å². The summed E-state index contributed by atoms with van der Waals surface area (Å²) < 4.78 is 0. The van der Waals surface area contributed by atoms with Crippen LogP contribution in [0.5, 0.6) is 0 Å². The van der Waals surface area contributed by atoms with Gasteiger partial charge in [0.2, 0.25) is 0 Å². The number of carbonyl (C=O) groups excluding carboxylic acids is 2. The highest BCUT2D eigenvalue weighted by atomic mass is 32.1. The lowest BCUT2D eigenvalue weighted by molar-refractivity contribution is -0.126. The van der Waals surface area contributed by atoms with E-state index in [-0.39, 0.29) is 17.5 Å². The average molecular weight is 327 g/mol. The van der Waals surface area contributed by atoms with Crippen LogP contribution in [0.3, 0.4) is 0 Å². The number of allylic oxidation sites excluding steroid dienone is 2. The van der Waals surface area contributed by atoms with Gasteiger partial charge in [0.25, 0.3) is 0 Å². The van der Waals surface area contributed by atoms with Gasteiger partial charge in [0, 0.05) is 12.8 Å². The highest BCUT2D eigenvalue weighted by Crippen LogP contribution is 2.31. The summed E-state index contributed by atoms with van der Waals surface area (Å²) in [5.74, 6) is 1.38. The third-order valence-electron chi connectivity index (χ3n) is 4.15. The second kappa shape index (κ2) is 10.1. The van der Waals surface area contributed by atoms with E-state index in [1.54, 1.807) is 0 Å². The summed E-state index contributed by atoms with van der Waals surface area (Å²) in [4.78, 5) is 30.1. The van der Waals surface area contributed by atoms with E-state index in [9.17, 15) is 9.59 Å². The minimum absolute atomic E-state index is 0.0362. The molecule has 0 amide bonds. The summed E-state index contributed by atoms with van der Waals surface area (Å²) >= 11 is 4.35. The van der Waals surface area contributed by atoms with Gasteiger partial charge in [-0.25, -0.2) is 0 Å². The second-order valence-electron chi connectivity index (χ2n) is 5.95. The quantitative estimate of drug-likeness (QED) is 0.295. The van der Waals surface area contributed by atoms with Crippen molar-refractivity contribution in [3.8, 4) is 0 Å². The molecule has 1 aliphatic carbocycles. The first-order valence-corrected chi connectivity index (χ1v) is 8.98. The summed E-state index contributed by atoms with van der Waals surface area (Å²) in [5, 5.41) is 0. The van der Waals surface area contributed by atoms with Crippen LogP contribution in [0, 0.1) is 11.8 Å². The zero-order chi connectivity index (χ0) is 16.5. The molecule has 0 aromatic rings. The molecule has 0 heterocycles. The van der Waals surface area contributed by atoms with Crippen molar-refractivity contribution in [3.05, 3.63) is 11.3 Å². The van der Waals surface area contributed by atoms with Crippen molar-refractivity contribution in [2.75, 3.05) is 12.4 Å². The topological polar surface area (TPSA) is 55.4 Å².